The van der Waals surface area contributed by atoms with Gasteiger partial charge in [-0.15, -0.1) is 0 Å². The molecule has 4 aromatic rings. The van der Waals surface area contributed by atoms with E-state index in [4.69, 9.17) is 21.3 Å². The summed E-state index contributed by atoms with van der Waals surface area (Å²) in [6, 6.07) is 15.0. The van der Waals surface area contributed by atoms with Gasteiger partial charge in [-0.25, -0.2) is 4.98 Å². The summed E-state index contributed by atoms with van der Waals surface area (Å²) in [6.45, 7) is 5.31. The molecule has 6 rings (SSSR count). The number of aliphatic hydroxyl groups is 1. The van der Waals surface area contributed by atoms with Gasteiger partial charge >= 0.3 is 0 Å². The first-order valence-electron chi connectivity index (χ1n) is 15.7. The molecule has 2 saturated heterocycles. The second-order valence-electron chi connectivity index (χ2n) is 12.0. The molecule has 0 unspecified atom stereocenters. The van der Waals surface area contributed by atoms with Crippen LogP contribution in [0.5, 0.6) is 5.88 Å². The molecule has 12 heteroatoms. The summed E-state index contributed by atoms with van der Waals surface area (Å²) in [6.07, 6.45) is 5.29. The van der Waals surface area contributed by atoms with E-state index < -0.39 is 0 Å². The third-order valence-electron chi connectivity index (χ3n) is 8.64. The lowest BCUT2D eigenvalue weighted by molar-refractivity contribution is -0.119. The van der Waals surface area contributed by atoms with Gasteiger partial charge in [0.05, 0.1) is 29.6 Å². The molecular formula is C35H38ClN7O4. The highest BCUT2D eigenvalue weighted by Gasteiger charge is 2.22. The molecule has 47 heavy (non-hydrogen) atoms. The number of carbonyl (C=O) groups is 2. The van der Waals surface area contributed by atoms with Crippen LogP contribution >= 0.6 is 11.6 Å². The number of halogens is 1. The van der Waals surface area contributed by atoms with Crippen molar-refractivity contribution in [1.82, 2.24) is 30.5 Å². The van der Waals surface area contributed by atoms with Gasteiger partial charge in [-0.1, -0.05) is 35.9 Å². The number of anilines is 1. The molecule has 1 aromatic carbocycles. The fourth-order valence-corrected chi connectivity index (χ4v) is 6.36. The molecular weight excluding hydrogens is 618 g/mol. The smallest absolute Gasteiger partial charge is 0.274 e. The molecule has 2 atom stereocenters. The van der Waals surface area contributed by atoms with Crippen molar-refractivity contribution in [2.45, 2.75) is 51.4 Å². The largest absolute Gasteiger partial charge is 0.481 e. The first-order valence-corrected chi connectivity index (χ1v) is 16.1. The average Bonchev–Trinajstić information content (AvgIpc) is 3.69. The van der Waals surface area contributed by atoms with Crippen molar-refractivity contribution in [1.29, 1.82) is 0 Å². The second-order valence-corrected chi connectivity index (χ2v) is 12.4. The minimum absolute atomic E-state index is 0.0931. The maximum atomic E-state index is 13.2. The summed E-state index contributed by atoms with van der Waals surface area (Å²) in [4.78, 5) is 40.5. The standard InChI is InChI=1S/C35H38ClN7O4/c1-21-26(4-3-5-28(21)41-34(46)30-9-6-22(16-39-30)19-43-15-13-25(44)20-43)33-32(36)27(12-14-38-33)29-10-7-23(35(42-29)47-2)17-37-18-24-8-11-31(45)40-24/h3-7,9-10,12,14,16,24-25,37,44H,8,11,13,15,17-20H2,1-2H3,(H,40,45)(H,41,46)/t24-,25+/m0/s1. The van der Waals surface area contributed by atoms with Crippen LogP contribution in [-0.2, 0) is 17.9 Å². The Morgan fingerprint density at radius 2 is 2.00 bits per heavy atom. The number of benzene rings is 1. The Morgan fingerprint density at radius 1 is 1.13 bits per heavy atom. The number of nitrogens with one attached hydrogen (secondary N) is 3. The SMILES string of the molecule is COc1nc(-c2ccnc(-c3cccc(NC(=O)c4ccc(CN5CC[C@@H](O)C5)cn4)c3C)c2Cl)ccc1CNC[C@@H]1CCC(=O)N1. The van der Waals surface area contributed by atoms with Gasteiger partial charge in [0.25, 0.3) is 5.91 Å². The van der Waals surface area contributed by atoms with Crippen LogP contribution in [0.1, 0.15) is 46.4 Å². The number of aliphatic hydroxyl groups excluding tert-OH is 1. The van der Waals surface area contributed by atoms with E-state index >= 15 is 0 Å². The van der Waals surface area contributed by atoms with Gasteiger partial charge < -0.3 is 25.8 Å². The first kappa shape index (κ1) is 32.5. The van der Waals surface area contributed by atoms with Crippen molar-refractivity contribution in [3.05, 3.63) is 88.3 Å². The Labute approximate surface area is 278 Å². The van der Waals surface area contributed by atoms with E-state index in [-0.39, 0.29) is 24.0 Å². The first-order chi connectivity index (χ1) is 22.8. The summed E-state index contributed by atoms with van der Waals surface area (Å²) in [5.74, 6) is 0.257. The monoisotopic (exact) mass is 655 g/mol. The highest BCUT2D eigenvalue weighted by atomic mass is 35.5. The maximum Gasteiger partial charge on any atom is 0.274 e. The van der Waals surface area contributed by atoms with E-state index in [1.54, 1.807) is 25.6 Å². The van der Waals surface area contributed by atoms with Crippen molar-refractivity contribution in [2.24, 2.45) is 0 Å². The number of hydrogen-bond donors (Lipinski definition) is 4. The third kappa shape index (κ3) is 7.60. The molecule has 0 radical (unpaired) electrons. The van der Waals surface area contributed by atoms with Crippen molar-refractivity contribution in [3.8, 4) is 28.4 Å². The van der Waals surface area contributed by atoms with Crippen LogP contribution in [0.25, 0.3) is 22.5 Å². The zero-order valence-electron chi connectivity index (χ0n) is 26.4. The van der Waals surface area contributed by atoms with E-state index in [2.05, 4.69) is 30.8 Å². The molecule has 0 saturated carbocycles. The molecule has 11 nitrogen and oxygen atoms in total. The number of aromatic nitrogens is 3. The van der Waals surface area contributed by atoms with Crippen molar-refractivity contribution in [3.63, 3.8) is 0 Å². The van der Waals surface area contributed by atoms with Crippen LogP contribution < -0.4 is 20.7 Å². The number of pyridine rings is 3. The third-order valence-corrected chi connectivity index (χ3v) is 9.02. The van der Waals surface area contributed by atoms with E-state index in [1.807, 2.05) is 49.4 Å². The molecule has 0 aliphatic carbocycles. The number of hydrogen-bond acceptors (Lipinski definition) is 9. The zero-order chi connectivity index (χ0) is 32.9. The minimum atomic E-state index is -0.319. The number of rotatable bonds is 11. The lowest BCUT2D eigenvalue weighted by atomic mass is 10.0. The van der Waals surface area contributed by atoms with Gasteiger partial charge in [-0.3, -0.25) is 24.5 Å². The minimum Gasteiger partial charge on any atom is -0.481 e. The molecule has 2 aliphatic rings. The summed E-state index contributed by atoms with van der Waals surface area (Å²) >= 11 is 6.99. The number of nitrogens with zero attached hydrogens (tertiary/aromatic N) is 4. The molecule has 0 spiro atoms. The normalized spacial score (nSPS) is 17.9. The fraction of sp³-hybridized carbons (Fsp3) is 0.343. The van der Waals surface area contributed by atoms with E-state index in [0.29, 0.717) is 71.8 Å². The molecule has 244 valence electrons. The van der Waals surface area contributed by atoms with Crippen LogP contribution in [0.15, 0.2) is 60.9 Å². The molecule has 4 N–H and O–H groups in total. The number of likely N-dealkylation sites (tertiary alicyclic amines) is 1. The lowest BCUT2D eigenvalue weighted by Gasteiger charge is -2.16. The van der Waals surface area contributed by atoms with Crippen LogP contribution in [-0.4, -0.2) is 75.7 Å². The van der Waals surface area contributed by atoms with Gasteiger partial charge in [0, 0.05) is 80.0 Å². The Bertz CT molecular complexity index is 1770. The number of carbonyl (C=O) groups excluding carboxylic acids is 2. The highest BCUT2D eigenvalue weighted by molar-refractivity contribution is 6.35. The van der Waals surface area contributed by atoms with Crippen molar-refractivity contribution < 1.29 is 19.4 Å². The summed E-state index contributed by atoms with van der Waals surface area (Å²) in [5, 5.41) is 19.5. The molecule has 0 bridgehead atoms. The van der Waals surface area contributed by atoms with Crippen LogP contribution in [0.4, 0.5) is 5.69 Å². The topological polar surface area (TPSA) is 142 Å². The summed E-state index contributed by atoms with van der Waals surface area (Å²) in [5.41, 5.74) is 6.30. The highest BCUT2D eigenvalue weighted by Crippen LogP contribution is 2.38. The lowest BCUT2D eigenvalue weighted by Crippen LogP contribution is -2.35. The molecule has 5 heterocycles. The van der Waals surface area contributed by atoms with Gasteiger partial charge in [-0.05, 0) is 55.2 Å². The van der Waals surface area contributed by atoms with Gasteiger partial charge in [0.2, 0.25) is 11.8 Å². The summed E-state index contributed by atoms with van der Waals surface area (Å²) < 4.78 is 5.61. The molecule has 3 aromatic heterocycles. The van der Waals surface area contributed by atoms with Gasteiger partial charge in [-0.2, -0.15) is 0 Å². The molecule has 2 amide bonds. The average molecular weight is 656 g/mol. The van der Waals surface area contributed by atoms with E-state index in [9.17, 15) is 14.7 Å². The number of amides is 2. The number of methoxy groups -OCH3 is 1. The van der Waals surface area contributed by atoms with E-state index in [0.717, 1.165) is 41.6 Å². The van der Waals surface area contributed by atoms with Crippen molar-refractivity contribution >= 4 is 29.1 Å². The van der Waals surface area contributed by atoms with Gasteiger partial charge in [0.1, 0.15) is 5.69 Å². The Balaban J connectivity index is 1.16. The Kier molecular flexibility index (Phi) is 10.1. The predicted octanol–water partition coefficient (Wildman–Crippen LogP) is 4.36. The summed E-state index contributed by atoms with van der Waals surface area (Å²) in [7, 11) is 1.58. The second kappa shape index (κ2) is 14.6. The van der Waals surface area contributed by atoms with Crippen LogP contribution in [0, 0.1) is 6.92 Å². The Hall–Kier alpha value is -4.42. The Morgan fingerprint density at radius 3 is 2.72 bits per heavy atom. The maximum absolute atomic E-state index is 13.2. The molecule has 2 aliphatic heterocycles. The van der Waals surface area contributed by atoms with Crippen LogP contribution in [0.2, 0.25) is 5.02 Å². The predicted molar refractivity (Wildman–Crippen MR) is 180 cm³/mol. The fourth-order valence-electron chi connectivity index (χ4n) is 6.05. The number of β-amino-alcohol motifs (C(OH)–C–C–N with tert-alkyl or cyclic N) is 1. The zero-order valence-corrected chi connectivity index (χ0v) is 27.2. The van der Waals surface area contributed by atoms with Crippen molar-refractivity contribution in [2.75, 3.05) is 32.1 Å². The van der Waals surface area contributed by atoms with E-state index in [1.165, 1.54) is 0 Å². The quantitative estimate of drug-likeness (QED) is 0.185. The molecule has 2 fully saturated rings. The van der Waals surface area contributed by atoms with Crippen LogP contribution in [0.3, 0.4) is 0 Å². The number of ether oxygens (including phenoxy) is 1. The van der Waals surface area contributed by atoms with Gasteiger partial charge in [0.15, 0.2) is 0 Å².